The Balaban J connectivity index is 3.09. The highest BCUT2D eigenvalue weighted by atomic mass is 35.5. The Kier molecular flexibility index (Phi) is 2.47. The van der Waals surface area contributed by atoms with Gasteiger partial charge in [-0.3, -0.25) is 0 Å². The molecule has 0 aliphatic carbocycles. The Morgan fingerprint density at radius 2 is 2.18 bits per heavy atom. The van der Waals surface area contributed by atoms with E-state index in [-0.39, 0.29) is 11.9 Å². The zero-order valence-corrected chi connectivity index (χ0v) is 6.90. The lowest BCUT2D eigenvalue weighted by molar-refractivity contribution is 0.626. The van der Waals surface area contributed by atoms with E-state index in [4.69, 9.17) is 17.3 Å². The van der Waals surface area contributed by atoms with Crippen LogP contribution in [-0.4, -0.2) is 0 Å². The Bertz CT molecular complexity index is 260. The second-order valence-corrected chi connectivity index (χ2v) is 2.86. The molecule has 0 aliphatic rings. The van der Waals surface area contributed by atoms with Crippen LogP contribution < -0.4 is 5.73 Å². The topological polar surface area (TPSA) is 26.0 Å². The highest BCUT2D eigenvalue weighted by Gasteiger charge is 2.04. The van der Waals surface area contributed by atoms with Gasteiger partial charge < -0.3 is 5.73 Å². The molecule has 1 aromatic rings. The van der Waals surface area contributed by atoms with Crippen molar-refractivity contribution in [1.29, 1.82) is 0 Å². The average Bonchev–Trinajstić information content (AvgIpc) is 1.85. The van der Waals surface area contributed by atoms with E-state index in [0.29, 0.717) is 5.02 Å². The summed E-state index contributed by atoms with van der Waals surface area (Å²) in [5.74, 6) is -0.334. The first kappa shape index (κ1) is 8.50. The van der Waals surface area contributed by atoms with Gasteiger partial charge in [0.05, 0.1) is 0 Å². The van der Waals surface area contributed by atoms with Crippen LogP contribution in [0.2, 0.25) is 5.02 Å². The first-order chi connectivity index (χ1) is 5.11. The van der Waals surface area contributed by atoms with E-state index in [1.54, 1.807) is 13.0 Å². The van der Waals surface area contributed by atoms with E-state index in [2.05, 4.69) is 0 Å². The Hall–Kier alpha value is -0.600. The van der Waals surface area contributed by atoms with E-state index in [1.165, 1.54) is 12.1 Å². The molecule has 0 unspecified atom stereocenters. The molecule has 3 heteroatoms. The summed E-state index contributed by atoms with van der Waals surface area (Å²) in [5.41, 5.74) is 6.33. The molecule has 0 radical (unpaired) electrons. The molecule has 0 bridgehead atoms. The second kappa shape index (κ2) is 3.20. The van der Waals surface area contributed by atoms with Crippen LogP contribution in [0.5, 0.6) is 0 Å². The van der Waals surface area contributed by atoms with Gasteiger partial charge in [0, 0.05) is 11.1 Å². The molecular formula is C8H9ClFN. The normalized spacial score (nSPS) is 13.1. The lowest BCUT2D eigenvalue weighted by Gasteiger charge is -2.06. The van der Waals surface area contributed by atoms with Crippen molar-refractivity contribution in [2.45, 2.75) is 13.0 Å². The molecule has 0 heterocycles. The fourth-order valence-electron chi connectivity index (χ4n) is 0.871. The summed E-state index contributed by atoms with van der Waals surface area (Å²) in [6.45, 7) is 1.80. The molecule has 1 rings (SSSR count). The van der Waals surface area contributed by atoms with E-state index in [1.807, 2.05) is 0 Å². The number of halogens is 2. The van der Waals surface area contributed by atoms with Crippen molar-refractivity contribution < 1.29 is 4.39 Å². The van der Waals surface area contributed by atoms with Crippen molar-refractivity contribution in [2.75, 3.05) is 0 Å². The number of rotatable bonds is 1. The van der Waals surface area contributed by atoms with Gasteiger partial charge in [0.15, 0.2) is 0 Å². The summed E-state index contributed by atoms with van der Waals surface area (Å²) in [6, 6.07) is 4.07. The number of benzene rings is 1. The van der Waals surface area contributed by atoms with Crippen LogP contribution in [0.4, 0.5) is 4.39 Å². The summed E-state index contributed by atoms with van der Waals surface area (Å²) in [6.07, 6.45) is 0. The summed E-state index contributed by atoms with van der Waals surface area (Å²) >= 11 is 5.70. The third-order valence-corrected chi connectivity index (χ3v) is 1.78. The third-order valence-electron chi connectivity index (χ3n) is 1.45. The van der Waals surface area contributed by atoms with Gasteiger partial charge in [-0.25, -0.2) is 4.39 Å². The third kappa shape index (κ3) is 1.91. The Morgan fingerprint density at radius 1 is 1.55 bits per heavy atom. The van der Waals surface area contributed by atoms with Gasteiger partial charge in [-0.05, 0) is 24.6 Å². The largest absolute Gasteiger partial charge is 0.324 e. The maximum absolute atomic E-state index is 12.5. The minimum Gasteiger partial charge on any atom is -0.324 e. The van der Waals surface area contributed by atoms with Crippen LogP contribution in [-0.2, 0) is 0 Å². The predicted molar refractivity (Wildman–Crippen MR) is 44.0 cm³/mol. The smallest absolute Gasteiger partial charge is 0.124 e. The van der Waals surface area contributed by atoms with E-state index < -0.39 is 0 Å². The van der Waals surface area contributed by atoms with Crippen molar-refractivity contribution in [2.24, 2.45) is 5.73 Å². The molecule has 2 N–H and O–H groups in total. The molecule has 60 valence electrons. The van der Waals surface area contributed by atoms with Gasteiger partial charge >= 0.3 is 0 Å². The molecule has 0 saturated heterocycles. The maximum atomic E-state index is 12.5. The van der Waals surface area contributed by atoms with Crippen molar-refractivity contribution in [3.63, 3.8) is 0 Å². The van der Waals surface area contributed by atoms with Gasteiger partial charge in [-0.2, -0.15) is 0 Å². The van der Waals surface area contributed by atoms with Crippen LogP contribution in [0.3, 0.4) is 0 Å². The first-order valence-corrected chi connectivity index (χ1v) is 3.69. The van der Waals surface area contributed by atoms with Gasteiger partial charge in [-0.15, -0.1) is 0 Å². The molecule has 1 atom stereocenters. The van der Waals surface area contributed by atoms with Crippen molar-refractivity contribution >= 4 is 11.6 Å². The van der Waals surface area contributed by atoms with E-state index >= 15 is 0 Å². The highest BCUT2D eigenvalue weighted by molar-refractivity contribution is 6.31. The SMILES string of the molecule is C[C@H](N)c1ccc(F)cc1Cl. The Labute approximate surface area is 70.0 Å². The van der Waals surface area contributed by atoms with Crippen molar-refractivity contribution in [1.82, 2.24) is 0 Å². The van der Waals surface area contributed by atoms with Crippen LogP contribution in [0.25, 0.3) is 0 Å². The molecule has 1 nitrogen and oxygen atoms in total. The minimum atomic E-state index is -0.334. The van der Waals surface area contributed by atoms with Crippen LogP contribution >= 0.6 is 11.6 Å². The lowest BCUT2D eigenvalue weighted by Crippen LogP contribution is -2.05. The molecule has 1 aromatic carbocycles. The predicted octanol–water partition coefficient (Wildman–Crippen LogP) is 2.50. The standard InChI is InChI=1S/C8H9ClFN/c1-5(11)7-3-2-6(10)4-8(7)9/h2-5H,11H2,1H3/t5-/m0/s1. The van der Waals surface area contributed by atoms with Gasteiger partial charge in [0.1, 0.15) is 5.82 Å². The molecule has 0 fully saturated rings. The zero-order valence-electron chi connectivity index (χ0n) is 6.14. The average molecular weight is 174 g/mol. The molecule has 0 aromatic heterocycles. The monoisotopic (exact) mass is 173 g/mol. The van der Waals surface area contributed by atoms with Crippen LogP contribution in [0, 0.1) is 5.82 Å². The van der Waals surface area contributed by atoms with E-state index in [0.717, 1.165) is 5.56 Å². The number of hydrogen-bond donors (Lipinski definition) is 1. The molecule has 0 saturated carbocycles. The highest BCUT2D eigenvalue weighted by Crippen LogP contribution is 2.21. The fourth-order valence-corrected chi connectivity index (χ4v) is 1.21. The number of nitrogens with two attached hydrogens (primary N) is 1. The maximum Gasteiger partial charge on any atom is 0.124 e. The van der Waals surface area contributed by atoms with Crippen LogP contribution in [0.1, 0.15) is 18.5 Å². The minimum absolute atomic E-state index is 0.150. The molecule has 11 heavy (non-hydrogen) atoms. The molecular weight excluding hydrogens is 165 g/mol. The van der Waals surface area contributed by atoms with Crippen molar-refractivity contribution in [3.8, 4) is 0 Å². The second-order valence-electron chi connectivity index (χ2n) is 2.45. The lowest BCUT2D eigenvalue weighted by atomic mass is 10.1. The summed E-state index contributed by atoms with van der Waals surface area (Å²) in [7, 11) is 0. The Morgan fingerprint density at radius 3 is 2.64 bits per heavy atom. The number of hydrogen-bond acceptors (Lipinski definition) is 1. The fraction of sp³-hybridized carbons (Fsp3) is 0.250. The van der Waals surface area contributed by atoms with Crippen LogP contribution in [0.15, 0.2) is 18.2 Å². The zero-order chi connectivity index (χ0) is 8.43. The first-order valence-electron chi connectivity index (χ1n) is 3.32. The quantitative estimate of drug-likeness (QED) is 0.694. The summed E-state index contributed by atoms with van der Waals surface area (Å²) in [5, 5.41) is 0.389. The van der Waals surface area contributed by atoms with Gasteiger partial charge in [0.2, 0.25) is 0 Å². The molecule has 0 amide bonds. The molecule has 0 aliphatic heterocycles. The summed E-state index contributed by atoms with van der Waals surface area (Å²) in [4.78, 5) is 0. The molecule has 0 spiro atoms. The summed E-state index contributed by atoms with van der Waals surface area (Å²) < 4.78 is 12.5. The van der Waals surface area contributed by atoms with Gasteiger partial charge in [0.25, 0.3) is 0 Å². The van der Waals surface area contributed by atoms with E-state index in [9.17, 15) is 4.39 Å². The van der Waals surface area contributed by atoms with Crippen molar-refractivity contribution in [3.05, 3.63) is 34.6 Å². The van der Waals surface area contributed by atoms with Gasteiger partial charge in [-0.1, -0.05) is 17.7 Å².